The molecule has 4 heteroatoms. The summed E-state index contributed by atoms with van der Waals surface area (Å²) in [4.78, 5) is 9.33. The summed E-state index contributed by atoms with van der Waals surface area (Å²) < 4.78 is 5.39. The van der Waals surface area contributed by atoms with Crippen molar-refractivity contribution in [2.24, 2.45) is 29.4 Å². The molecular formula is C16H23N3O. The molecule has 20 heavy (non-hydrogen) atoms. The molecule has 0 unspecified atom stereocenters. The fraction of sp³-hybridized carbons (Fsp3) is 0.750. The van der Waals surface area contributed by atoms with Crippen LogP contribution in [0, 0.1) is 23.7 Å². The number of aromatic nitrogens is 2. The van der Waals surface area contributed by atoms with Crippen LogP contribution in [-0.4, -0.2) is 17.1 Å². The van der Waals surface area contributed by atoms with E-state index in [1.54, 1.807) is 7.11 Å². The first-order valence-electron chi connectivity index (χ1n) is 7.88. The summed E-state index contributed by atoms with van der Waals surface area (Å²) in [6.07, 6.45) is 8.91. The molecule has 0 spiro atoms. The van der Waals surface area contributed by atoms with E-state index >= 15 is 0 Å². The number of nitrogens with zero attached hydrogens (tertiary/aromatic N) is 2. The lowest BCUT2D eigenvalue weighted by Gasteiger charge is -2.53. The maximum Gasteiger partial charge on any atom is 0.220 e. The minimum absolute atomic E-state index is 0.436. The lowest BCUT2D eigenvalue weighted by molar-refractivity contribution is -0.00583. The van der Waals surface area contributed by atoms with E-state index in [1.807, 2.05) is 6.20 Å². The second kappa shape index (κ2) is 4.69. The van der Waals surface area contributed by atoms with Crippen LogP contribution in [0.3, 0.4) is 0 Å². The molecule has 4 aliphatic carbocycles. The molecule has 1 aromatic rings. The summed E-state index contributed by atoms with van der Waals surface area (Å²) in [5, 5.41) is 0. The molecule has 4 nitrogen and oxygen atoms in total. The fourth-order valence-electron chi connectivity index (χ4n) is 5.23. The molecule has 0 radical (unpaired) electrons. The van der Waals surface area contributed by atoms with E-state index in [9.17, 15) is 0 Å². The summed E-state index contributed by atoms with van der Waals surface area (Å²) in [6.45, 7) is 0.436. The zero-order valence-corrected chi connectivity index (χ0v) is 12.1. The SMILES string of the molecule is COc1nc(C2C3CC4CC(C3)CC2C4)ncc1CN. The lowest BCUT2D eigenvalue weighted by atomic mass is 9.51. The zero-order chi connectivity index (χ0) is 13.7. The van der Waals surface area contributed by atoms with Crippen LogP contribution in [0.2, 0.25) is 0 Å². The average Bonchev–Trinajstić information content (AvgIpc) is 2.46. The minimum atomic E-state index is 0.436. The Bertz CT molecular complexity index is 488. The first-order valence-corrected chi connectivity index (χ1v) is 7.88. The third kappa shape index (κ3) is 1.85. The van der Waals surface area contributed by atoms with Crippen LogP contribution in [0.5, 0.6) is 5.88 Å². The topological polar surface area (TPSA) is 61.0 Å². The van der Waals surface area contributed by atoms with E-state index < -0.39 is 0 Å². The number of rotatable bonds is 3. The number of nitrogens with two attached hydrogens (primary N) is 1. The highest BCUT2D eigenvalue weighted by molar-refractivity contribution is 5.25. The van der Waals surface area contributed by atoms with Crippen LogP contribution >= 0.6 is 0 Å². The molecule has 4 saturated carbocycles. The van der Waals surface area contributed by atoms with Gasteiger partial charge >= 0.3 is 0 Å². The molecule has 0 aromatic carbocycles. The van der Waals surface area contributed by atoms with Crippen molar-refractivity contribution >= 4 is 0 Å². The van der Waals surface area contributed by atoms with Crippen molar-refractivity contribution in [1.29, 1.82) is 0 Å². The van der Waals surface area contributed by atoms with Crippen LogP contribution in [0.15, 0.2) is 6.20 Å². The number of hydrogen-bond acceptors (Lipinski definition) is 4. The highest BCUT2D eigenvalue weighted by atomic mass is 16.5. The molecule has 108 valence electrons. The van der Waals surface area contributed by atoms with Crippen molar-refractivity contribution in [2.45, 2.75) is 44.6 Å². The third-order valence-electron chi connectivity index (χ3n) is 5.78. The number of methoxy groups -OCH3 is 1. The largest absolute Gasteiger partial charge is 0.481 e. The first-order chi connectivity index (χ1) is 9.78. The summed E-state index contributed by atoms with van der Waals surface area (Å²) in [7, 11) is 1.67. The molecule has 2 N–H and O–H groups in total. The Kier molecular flexibility index (Phi) is 2.95. The van der Waals surface area contributed by atoms with Crippen molar-refractivity contribution in [1.82, 2.24) is 9.97 Å². The molecule has 4 fully saturated rings. The third-order valence-corrected chi connectivity index (χ3v) is 5.78. The smallest absolute Gasteiger partial charge is 0.220 e. The van der Waals surface area contributed by atoms with Gasteiger partial charge in [-0.3, -0.25) is 0 Å². The molecule has 4 aliphatic rings. The first kappa shape index (κ1) is 12.6. The van der Waals surface area contributed by atoms with Crippen LogP contribution in [-0.2, 0) is 6.54 Å². The van der Waals surface area contributed by atoms with Gasteiger partial charge in [-0.1, -0.05) is 0 Å². The average molecular weight is 273 g/mol. The Morgan fingerprint density at radius 1 is 1.15 bits per heavy atom. The Morgan fingerprint density at radius 2 is 1.80 bits per heavy atom. The highest BCUT2D eigenvalue weighted by Gasteiger charge is 2.49. The number of ether oxygens (including phenoxy) is 1. The Labute approximate surface area is 120 Å². The molecule has 0 atom stereocenters. The second-order valence-corrected chi connectivity index (χ2v) is 6.92. The molecule has 4 bridgehead atoms. The summed E-state index contributed by atoms with van der Waals surface area (Å²) in [5.74, 6) is 5.82. The molecule has 1 aromatic heterocycles. The standard InChI is InChI=1S/C16H23N3O/c1-20-16-13(7-17)8-18-15(19-16)14-11-3-9-2-10(5-11)6-12(14)4-9/h8-12,14H,2-7,17H2,1H3. The summed E-state index contributed by atoms with van der Waals surface area (Å²) >= 11 is 0. The van der Waals surface area contributed by atoms with Crippen molar-refractivity contribution in [3.63, 3.8) is 0 Å². The number of hydrogen-bond donors (Lipinski definition) is 1. The van der Waals surface area contributed by atoms with Crippen LogP contribution in [0.1, 0.15) is 49.4 Å². The van der Waals surface area contributed by atoms with Crippen molar-refractivity contribution < 1.29 is 4.74 Å². The van der Waals surface area contributed by atoms with Gasteiger partial charge in [0.1, 0.15) is 5.82 Å². The van der Waals surface area contributed by atoms with E-state index in [-0.39, 0.29) is 0 Å². The fourth-order valence-corrected chi connectivity index (χ4v) is 5.23. The predicted octanol–water partition coefficient (Wildman–Crippen LogP) is 2.48. The molecule has 0 amide bonds. The van der Waals surface area contributed by atoms with Crippen molar-refractivity contribution in [3.8, 4) is 5.88 Å². The van der Waals surface area contributed by atoms with Gasteiger partial charge in [-0.15, -0.1) is 0 Å². The van der Waals surface area contributed by atoms with E-state index in [0.717, 1.165) is 35.1 Å². The van der Waals surface area contributed by atoms with Crippen molar-refractivity contribution in [3.05, 3.63) is 17.6 Å². The molecular weight excluding hydrogens is 250 g/mol. The van der Waals surface area contributed by atoms with Gasteiger partial charge in [0.25, 0.3) is 0 Å². The normalized spacial score (nSPS) is 38.2. The summed E-state index contributed by atoms with van der Waals surface area (Å²) in [5.41, 5.74) is 6.61. The van der Waals surface area contributed by atoms with Gasteiger partial charge in [0, 0.05) is 24.2 Å². The van der Waals surface area contributed by atoms with Crippen molar-refractivity contribution in [2.75, 3.05) is 7.11 Å². The lowest BCUT2D eigenvalue weighted by Crippen LogP contribution is -2.44. The van der Waals surface area contributed by atoms with Gasteiger partial charge in [-0.2, -0.15) is 4.98 Å². The van der Waals surface area contributed by atoms with Gasteiger partial charge in [0.2, 0.25) is 5.88 Å². The van der Waals surface area contributed by atoms with Gasteiger partial charge in [0.15, 0.2) is 0 Å². The van der Waals surface area contributed by atoms with Crippen LogP contribution < -0.4 is 10.5 Å². The second-order valence-electron chi connectivity index (χ2n) is 6.92. The maximum atomic E-state index is 5.71. The van der Waals surface area contributed by atoms with Crippen LogP contribution in [0.4, 0.5) is 0 Å². The van der Waals surface area contributed by atoms with E-state index in [0.29, 0.717) is 18.3 Å². The Morgan fingerprint density at radius 3 is 2.35 bits per heavy atom. The van der Waals surface area contributed by atoms with E-state index in [1.165, 1.54) is 32.1 Å². The van der Waals surface area contributed by atoms with Gasteiger partial charge in [0.05, 0.1) is 7.11 Å². The predicted molar refractivity (Wildman–Crippen MR) is 76.3 cm³/mol. The zero-order valence-electron chi connectivity index (χ0n) is 12.1. The van der Waals surface area contributed by atoms with Gasteiger partial charge < -0.3 is 10.5 Å². The molecule has 0 saturated heterocycles. The van der Waals surface area contributed by atoms with E-state index in [4.69, 9.17) is 15.5 Å². The van der Waals surface area contributed by atoms with Crippen LogP contribution in [0.25, 0.3) is 0 Å². The monoisotopic (exact) mass is 273 g/mol. The van der Waals surface area contributed by atoms with E-state index in [2.05, 4.69) is 4.98 Å². The quantitative estimate of drug-likeness (QED) is 0.919. The summed E-state index contributed by atoms with van der Waals surface area (Å²) in [6, 6.07) is 0. The minimum Gasteiger partial charge on any atom is -0.481 e. The maximum absolute atomic E-state index is 5.71. The molecule has 0 aliphatic heterocycles. The Balaban J connectivity index is 1.67. The molecule has 5 rings (SSSR count). The highest BCUT2D eigenvalue weighted by Crippen LogP contribution is 2.59. The Hall–Kier alpha value is -1.16. The molecule has 1 heterocycles. The van der Waals surface area contributed by atoms with Gasteiger partial charge in [-0.25, -0.2) is 4.98 Å². The van der Waals surface area contributed by atoms with Gasteiger partial charge in [-0.05, 0) is 55.8 Å².